The van der Waals surface area contributed by atoms with Gasteiger partial charge in [0.25, 0.3) is 0 Å². The second kappa shape index (κ2) is 3.75. The Morgan fingerprint density at radius 1 is 1.14 bits per heavy atom. The molecule has 1 saturated heterocycles. The number of hydrogen-bond acceptors (Lipinski definition) is 4. The van der Waals surface area contributed by atoms with Crippen molar-refractivity contribution < 1.29 is 10.2 Å². The SMILES string of the molecule is Oc1cccc(N2CCNCC2)c1O. The maximum absolute atomic E-state index is 9.64. The number of para-hydroxylation sites is 1. The maximum Gasteiger partial charge on any atom is 0.181 e. The largest absolute Gasteiger partial charge is 0.504 e. The van der Waals surface area contributed by atoms with Crippen molar-refractivity contribution in [1.82, 2.24) is 5.32 Å². The molecule has 0 bridgehead atoms. The first kappa shape index (κ1) is 9.15. The molecule has 0 aromatic heterocycles. The minimum atomic E-state index is -0.0546. The fourth-order valence-corrected chi connectivity index (χ4v) is 1.68. The molecule has 0 saturated carbocycles. The first-order chi connectivity index (χ1) is 6.79. The molecule has 0 spiro atoms. The standard InChI is InChI=1S/C10H14N2O2/c13-9-3-1-2-8(10(9)14)12-6-4-11-5-7-12/h1-3,11,13-14H,4-7H2. The number of aromatic hydroxyl groups is 2. The lowest BCUT2D eigenvalue weighted by molar-refractivity contribution is 0.402. The smallest absolute Gasteiger partial charge is 0.181 e. The van der Waals surface area contributed by atoms with Crippen molar-refractivity contribution in [3.63, 3.8) is 0 Å². The van der Waals surface area contributed by atoms with Gasteiger partial charge in [-0.2, -0.15) is 0 Å². The van der Waals surface area contributed by atoms with Crippen LogP contribution in [0.2, 0.25) is 0 Å². The molecule has 14 heavy (non-hydrogen) atoms. The lowest BCUT2D eigenvalue weighted by Crippen LogP contribution is -2.43. The summed E-state index contributed by atoms with van der Waals surface area (Å²) in [6, 6.07) is 5.05. The summed E-state index contributed by atoms with van der Waals surface area (Å²) >= 11 is 0. The van der Waals surface area contributed by atoms with Crippen LogP contribution in [-0.4, -0.2) is 36.4 Å². The lowest BCUT2D eigenvalue weighted by atomic mass is 10.2. The van der Waals surface area contributed by atoms with Gasteiger partial charge in [0.05, 0.1) is 5.69 Å². The van der Waals surface area contributed by atoms with Crippen LogP contribution in [0.1, 0.15) is 0 Å². The van der Waals surface area contributed by atoms with Gasteiger partial charge in [0.1, 0.15) is 0 Å². The Hall–Kier alpha value is -1.42. The quantitative estimate of drug-likeness (QED) is 0.570. The number of nitrogens with one attached hydrogen (secondary N) is 1. The third-order valence-corrected chi connectivity index (χ3v) is 2.45. The summed E-state index contributed by atoms with van der Waals surface area (Å²) in [7, 11) is 0. The molecule has 4 heteroatoms. The highest BCUT2D eigenvalue weighted by atomic mass is 16.3. The molecule has 1 heterocycles. The van der Waals surface area contributed by atoms with Gasteiger partial charge in [-0.3, -0.25) is 0 Å². The van der Waals surface area contributed by atoms with E-state index in [1.54, 1.807) is 6.07 Å². The van der Waals surface area contributed by atoms with Gasteiger partial charge in [0.15, 0.2) is 11.5 Å². The average molecular weight is 194 g/mol. The van der Waals surface area contributed by atoms with Gasteiger partial charge in [-0.1, -0.05) is 6.07 Å². The fraction of sp³-hybridized carbons (Fsp3) is 0.400. The van der Waals surface area contributed by atoms with Crippen LogP contribution in [0.15, 0.2) is 18.2 Å². The minimum Gasteiger partial charge on any atom is -0.504 e. The Kier molecular flexibility index (Phi) is 2.45. The van der Waals surface area contributed by atoms with Crippen LogP contribution in [0.25, 0.3) is 0 Å². The van der Waals surface area contributed by atoms with E-state index in [0.29, 0.717) is 5.69 Å². The molecule has 4 nitrogen and oxygen atoms in total. The van der Waals surface area contributed by atoms with E-state index in [1.165, 1.54) is 6.07 Å². The molecule has 0 aliphatic carbocycles. The van der Waals surface area contributed by atoms with E-state index in [-0.39, 0.29) is 11.5 Å². The summed E-state index contributed by atoms with van der Waals surface area (Å²) in [6.45, 7) is 3.54. The number of rotatable bonds is 1. The number of anilines is 1. The van der Waals surface area contributed by atoms with Crippen molar-refractivity contribution in [2.45, 2.75) is 0 Å². The van der Waals surface area contributed by atoms with Crippen molar-refractivity contribution in [3.05, 3.63) is 18.2 Å². The second-order valence-corrected chi connectivity index (χ2v) is 3.38. The predicted octanol–water partition coefficient (Wildman–Crippen LogP) is 0.507. The fourth-order valence-electron chi connectivity index (χ4n) is 1.68. The zero-order valence-electron chi connectivity index (χ0n) is 7.90. The molecule has 76 valence electrons. The van der Waals surface area contributed by atoms with Crippen LogP contribution in [-0.2, 0) is 0 Å². The van der Waals surface area contributed by atoms with Crippen molar-refractivity contribution >= 4 is 5.69 Å². The molecule has 3 N–H and O–H groups in total. The Bertz CT molecular complexity index is 322. The van der Waals surface area contributed by atoms with E-state index < -0.39 is 0 Å². The predicted molar refractivity (Wildman–Crippen MR) is 54.9 cm³/mol. The molecule has 0 amide bonds. The molecule has 2 rings (SSSR count). The summed E-state index contributed by atoms with van der Waals surface area (Å²) in [4.78, 5) is 2.06. The Labute approximate surface area is 82.8 Å². The molecule has 0 atom stereocenters. The monoisotopic (exact) mass is 194 g/mol. The molecule has 1 aliphatic rings. The normalized spacial score (nSPS) is 17.0. The van der Waals surface area contributed by atoms with Gasteiger partial charge < -0.3 is 20.4 Å². The van der Waals surface area contributed by atoms with E-state index in [1.807, 2.05) is 6.07 Å². The average Bonchev–Trinajstić information content (AvgIpc) is 2.23. The summed E-state index contributed by atoms with van der Waals surface area (Å²) < 4.78 is 0. The van der Waals surface area contributed by atoms with E-state index >= 15 is 0 Å². The number of nitrogens with zero attached hydrogens (tertiary/aromatic N) is 1. The highest BCUT2D eigenvalue weighted by Crippen LogP contribution is 2.35. The van der Waals surface area contributed by atoms with E-state index in [0.717, 1.165) is 26.2 Å². The summed E-state index contributed by atoms with van der Waals surface area (Å²) in [6.07, 6.45) is 0. The van der Waals surface area contributed by atoms with Gasteiger partial charge in [-0.25, -0.2) is 0 Å². The molecule has 1 fully saturated rings. The molecule has 0 unspecified atom stereocenters. The molecular weight excluding hydrogens is 180 g/mol. The number of phenolic OH excluding ortho intramolecular Hbond substituents is 2. The van der Waals surface area contributed by atoms with E-state index in [9.17, 15) is 10.2 Å². The zero-order valence-corrected chi connectivity index (χ0v) is 7.90. The van der Waals surface area contributed by atoms with Crippen molar-refractivity contribution in [2.75, 3.05) is 31.1 Å². The zero-order chi connectivity index (χ0) is 9.97. The third kappa shape index (κ3) is 1.61. The molecule has 1 aromatic carbocycles. The van der Waals surface area contributed by atoms with Crippen LogP contribution in [0.4, 0.5) is 5.69 Å². The Morgan fingerprint density at radius 3 is 2.57 bits per heavy atom. The lowest BCUT2D eigenvalue weighted by Gasteiger charge is -2.29. The van der Waals surface area contributed by atoms with Crippen LogP contribution in [0, 0.1) is 0 Å². The summed E-state index contributed by atoms with van der Waals surface area (Å²) in [5.74, 6) is -0.0737. The minimum absolute atomic E-state index is 0.0191. The number of hydrogen-bond donors (Lipinski definition) is 3. The van der Waals surface area contributed by atoms with Crippen molar-refractivity contribution in [1.29, 1.82) is 0 Å². The number of piperazine rings is 1. The highest BCUT2D eigenvalue weighted by molar-refractivity contribution is 5.63. The maximum atomic E-state index is 9.64. The van der Waals surface area contributed by atoms with Gasteiger partial charge in [-0.15, -0.1) is 0 Å². The van der Waals surface area contributed by atoms with Crippen LogP contribution >= 0.6 is 0 Å². The molecular formula is C10H14N2O2. The van der Waals surface area contributed by atoms with Crippen LogP contribution in [0.5, 0.6) is 11.5 Å². The van der Waals surface area contributed by atoms with E-state index in [4.69, 9.17) is 0 Å². The highest BCUT2D eigenvalue weighted by Gasteiger charge is 2.15. The summed E-state index contributed by atoms with van der Waals surface area (Å²) in [5, 5.41) is 22.2. The number of phenols is 2. The second-order valence-electron chi connectivity index (χ2n) is 3.38. The van der Waals surface area contributed by atoms with Gasteiger partial charge >= 0.3 is 0 Å². The summed E-state index contributed by atoms with van der Waals surface area (Å²) in [5.41, 5.74) is 0.714. The van der Waals surface area contributed by atoms with Crippen LogP contribution in [0.3, 0.4) is 0 Å². The molecule has 0 radical (unpaired) electrons. The Balaban J connectivity index is 2.26. The van der Waals surface area contributed by atoms with Gasteiger partial charge in [0.2, 0.25) is 0 Å². The molecule has 1 aliphatic heterocycles. The first-order valence-corrected chi connectivity index (χ1v) is 4.75. The third-order valence-electron chi connectivity index (χ3n) is 2.45. The van der Waals surface area contributed by atoms with Gasteiger partial charge in [0, 0.05) is 26.2 Å². The van der Waals surface area contributed by atoms with Crippen LogP contribution < -0.4 is 10.2 Å². The number of benzene rings is 1. The first-order valence-electron chi connectivity index (χ1n) is 4.75. The van der Waals surface area contributed by atoms with Crippen molar-refractivity contribution in [3.8, 4) is 11.5 Å². The van der Waals surface area contributed by atoms with Crippen molar-refractivity contribution in [2.24, 2.45) is 0 Å². The van der Waals surface area contributed by atoms with E-state index in [2.05, 4.69) is 10.2 Å². The Morgan fingerprint density at radius 2 is 1.86 bits per heavy atom. The molecule has 1 aromatic rings. The topological polar surface area (TPSA) is 55.7 Å². The van der Waals surface area contributed by atoms with Gasteiger partial charge in [-0.05, 0) is 12.1 Å².